The maximum Gasteiger partial charge on any atom is 0.231 e. The van der Waals surface area contributed by atoms with Crippen molar-refractivity contribution in [3.8, 4) is 5.75 Å². The summed E-state index contributed by atoms with van der Waals surface area (Å²) in [5.41, 5.74) is 2.06. The van der Waals surface area contributed by atoms with Crippen LogP contribution in [-0.2, 0) is 9.84 Å². The number of hydrogen-bond acceptors (Lipinski definition) is 8. The highest BCUT2D eigenvalue weighted by Gasteiger charge is 2.23. The van der Waals surface area contributed by atoms with Gasteiger partial charge in [0.1, 0.15) is 11.3 Å². The lowest BCUT2D eigenvalue weighted by Gasteiger charge is -2.15. The maximum atomic E-state index is 12.8. The highest BCUT2D eigenvalue weighted by Crippen LogP contribution is 2.32. The van der Waals surface area contributed by atoms with Crippen molar-refractivity contribution in [3.05, 3.63) is 53.3 Å². The van der Waals surface area contributed by atoms with Gasteiger partial charge in [0, 0.05) is 4.47 Å². The van der Waals surface area contributed by atoms with Crippen LogP contribution < -0.4 is 15.4 Å². The zero-order valence-corrected chi connectivity index (χ0v) is 20.0. The second-order valence-corrected chi connectivity index (χ2v) is 10.6. The molecular weight excluding hydrogens is 496 g/mol. The number of benzene rings is 2. The number of imidazole rings is 1. The number of aromatic nitrogens is 4. The third kappa shape index (κ3) is 4.26. The molecule has 0 aliphatic rings. The van der Waals surface area contributed by atoms with Gasteiger partial charge in [-0.3, -0.25) is 0 Å². The Morgan fingerprint density at radius 2 is 1.84 bits per heavy atom. The highest BCUT2D eigenvalue weighted by molar-refractivity contribution is 9.10. The molecule has 0 spiro atoms. The van der Waals surface area contributed by atoms with E-state index in [0.29, 0.717) is 34.1 Å². The highest BCUT2D eigenvalue weighted by atomic mass is 79.9. The number of methoxy groups -OCH3 is 1. The average molecular weight is 517 g/mol. The molecule has 0 radical (unpaired) electrons. The number of hydrogen-bond donors (Lipinski definition) is 3. The van der Waals surface area contributed by atoms with Crippen molar-refractivity contribution in [3.63, 3.8) is 0 Å². The molecule has 4 rings (SSSR count). The summed E-state index contributed by atoms with van der Waals surface area (Å²) >= 11 is 3.42. The topological polar surface area (TPSA) is 122 Å². The first-order valence-corrected chi connectivity index (χ1v) is 12.0. The molecule has 2 aromatic carbocycles. The van der Waals surface area contributed by atoms with Crippen LogP contribution in [0.5, 0.6) is 5.75 Å². The number of rotatable bonds is 7. The summed E-state index contributed by atoms with van der Waals surface area (Å²) in [6.07, 6.45) is 1.51. The van der Waals surface area contributed by atoms with Gasteiger partial charge in [-0.1, -0.05) is 28.1 Å². The fourth-order valence-corrected chi connectivity index (χ4v) is 4.61. The Balaban J connectivity index is 1.77. The van der Waals surface area contributed by atoms with Crippen LogP contribution >= 0.6 is 15.9 Å². The zero-order chi connectivity index (χ0) is 22.9. The number of halogens is 1. The molecule has 9 nitrogen and oxygen atoms in total. The van der Waals surface area contributed by atoms with Gasteiger partial charge in [-0.15, -0.1) is 0 Å². The molecule has 2 aromatic heterocycles. The van der Waals surface area contributed by atoms with Gasteiger partial charge in [-0.2, -0.15) is 9.97 Å². The third-order valence-electron chi connectivity index (χ3n) is 4.76. The van der Waals surface area contributed by atoms with Crippen molar-refractivity contribution in [1.82, 2.24) is 19.9 Å². The van der Waals surface area contributed by atoms with Crippen LogP contribution in [0, 0.1) is 0 Å². The predicted octanol–water partition coefficient (Wildman–Crippen LogP) is 4.79. The van der Waals surface area contributed by atoms with Crippen molar-refractivity contribution < 1.29 is 13.2 Å². The first-order valence-electron chi connectivity index (χ1n) is 9.71. The summed E-state index contributed by atoms with van der Waals surface area (Å²) < 4.78 is 32.0. The lowest BCUT2D eigenvalue weighted by atomic mass is 10.3. The fraction of sp³-hybridized carbons (Fsp3) is 0.190. The van der Waals surface area contributed by atoms with E-state index in [-0.39, 0.29) is 10.8 Å². The largest absolute Gasteiger partial charge is 0.495 e. The van der Waals surface area contributed by atoms with Crippen LogP contribution in [-0.4, -0.2) is 40.7 Å². The van der Waals surface area contributed by atoms with E-state index in [1.165, 1.54) is 6.33 Å². The molecule has 0 amide bonds. The number of anilines is 4. The maximum absolute atomic E-state index is 12.8. The second-order valence-electron chi connectivity index (χ2n) is 7.18. The summed E-state index contributed by atoms with van der Waals surface area (Å²) in [6, 6.07) is 12.3. The van der Waals surface area contributed by atoms with Gasteiger partial charge >= 0.3 is 0 Å². The second kappa shape index (κ2) is 8.75. The molecule has 4 aromatic rings. The molecule has 0 saturated heterocycles. The van der Waals surface area contributed by atoms with E-state index in [4.69, 9.17) is 4.74 Å². The molecular formula is C21H21BrN6O3S. The Labute approximate surface area is 193 Å². The van der Waals surface area contributed by atoms with Crippen molar-refractivity contribution in [2.24, 2.45) is 0 Å². The summed E-state index contributed by atoms with van der Waals surface area (Å²) in [5, 5.41) is 5.72. The van der Waals surface area contributed by atoms with Crippen LogP contribution in [0.4, 0.5) is 23.1 Å². The average Bonchev–Trinajstić information content (AvgIpc) is 3.24. The van der Waals surface area contributed by atoms with Crippen molar-refractivity contribution in [1.29, 1.82) is 0 Å². The Morgan fingerprint density at radius 1 is 1.06 bits per heavy atom. The number of H-pyrrole nitrogens is 1. The Morgan fingerprint density at radius 3 is 2.59 bits per heavy atom. The number of nitrogens with one attached hydrogen (secondary N) is 3. The molecule has 0 aliphatic carbocycles. The smallest absolute Gasteiger partial charge is 0.231 e. The third-order valence-corrected chi connectivity index (χ3v) is 7.47. The van der Waals surface area contributed by atoms with E-state index in [1.54, 1.807) is 45.2 Å². The van der Waals surface area contributed by atoms with Gasteiger partial charge in [0.15, 0.2) is 21.3 Å². The summed E-state index contributed by atoms with van der Waals surface area (Å²) in [5.74, 6) is 1.27. The molecule has 0 bridgehead atoms. The minimum atomic E-state index is -3.51. The first kappa shape index (κ1) is 22.0. The van der Waals surface area contributed by atoms with E-state index in [1.807, 2.05) is 18.2 Å². The summed E-state index contributed by atoms with van der Waals surface area (Å²) in [7, 11) is -1.93. The molecule has 11 heteroatoms. The lowest BCUT2D eigenvalue weighted by molar-refractivity contribution is 0.416. The summed E-state index contributed by atoms with van der Waals surface area (Å²) in [6.45, 7) is 3.30. The molecule has 32 heavy (non-hydrogen) atoms. The van der Waals surface area contributed by atoms with Crippen molar-refractivity contribution in [2.75, 3.05) is 17.7 Å². The number of ether oxygens (including phenoxy) is 1. The molecule has 0 unspecified atom stereocenters. The van der Waals surface area contributed by atoms with Gasteiger partial charge in [-0.25, -0.2) is 13.4 Å². The molecule has 0 atom stereocenters. The van der Waals surface area contributed by atoms with Gasteiger partial charge < -0.3 is 20.4 Å². The molecule has 0 fully saturated rings. The number of aromatic amines is 1. The predicted molar refractivity (Wildman–Crippen MR) is 128 cm³/mol. The van der Waals surface area contributed by atoms with Crippen LogP contribution in [0.3, 0.4) is 0 Å². The van der Waals surface area contributed by atoms with Crippen LogP contribution in [0.25, 0.3) is 11.2 Å². The normalized spacial score (nSPS) is 11.7. The lowest BCUT2D eigenvalue weighted by Crippen LogP contribution is -2.15. The van der Waals surface area contributed by atoms with Gasteiger partial charge in [0.25, 0.3) is 0 Å². The van der Waals surface area contributed by atoms with Gasteiger partial charge in [-0.05, 0) is 44.2 Å². The van der Waals surface area contributed by atoms with E-state index >= 15 is 0 Å². The van der Waals surface area contributed by atoms with E-state index < -0.39 is 15.1 Å². The quantitative estimate of drug-likeness (QED) is 0.320. The van der Waals surface area contributed by atoms with Crippen LogP contribution in [0.15, 0.2) is 58.2 Å². The number of sulfone groups is 1. The molecule has 3 N–H and O–H groups in total. The van der Waals surface area contributed by atoms with Crippen molar-refractivity contribution >= 4 is 60.1 Å². The molecule has 0 saturated carbocycles. The van der Waals surface area contributed by atoms with Crippen molar-refractivity contribution in [2.45, 2.75) is 24.0 Å². The standard InChI is InChI=1S/C21H21BrN6O3S/c1-12(2)32(29,30)17-7-5-4-6-15(17)25-20-18-19(24-11-23-18)27-21(28-20)26-14-9-8-13(22)10-16(14)31-3/h4-12H,1-3H3,(H3,23,24,25,26,27,28). The van der Waals surface area contributed by atoms with Crippen LogP contribution in [0.1, 0.15) is 13.8 Å². The monoisotopic (exact) mass is 516 g/mol. The summed E-state index contributed by atoms with van der Waals surface area (Å²) in [4.78, 5) is 16.4. The molecule has 0 aliphatic heterocycles. The SMILES string of the molecule is COc1cc(Br)ccc1Nc1nc(Nc2ccccc2S(=O)(=O)C(C)C)c2[nH]cnc2n1. The minimum Gasteiger partial charge on any atom is -0.495 e. The van der Waals surface area contributed by atoms with E-state index in [0.717, 1.165) is 4.47 Å². The van der Waals surface area contributed by atoms with Gasteiger partial charge in [0.05, 0.1) is 35.0 Å². The number of nitrogens with zero attached hydrogens (tertiary/aromatic N) is 3. The number of para-hydroxylation sites is 1. The Hall–Kier alpha value is -3.18. The zero-order valence-electron chi connectivity index (χ0n) is 17.5. The molecule has 2 heterocycles. The minimum absolute atomic E-state index is 0.199. The van der Waals surface area contributed by atoms with Gasteiger partial charge in [0.2, 0.25) is 5.95 Å². The number of fused-ring (bicyclic) bond motifs is 1. The molecule has 166 valence electrons. The Bertz CT molecular complexity index is 1390. The van der Waals surface area contributed by atoms with Crippen LogP contribution in [0.2, 0.25) is 0 Å². The Kier molecular flexibility index (Phi) is 6.02. The van der Waals surface area contributed by atoms with E-state index in [9.17, 15) is 8.42 Å². The van der Waals surface area contributed by atoms with E-state index in [2.05, 4.69) is 46.5 Å². The fourth-order valence-electron chi connectivity index (χ4n) is 3.07. The first-order chi connectivity index (χ1) is 15.3.